The summed E-state index contributed by atoms with van der Waals surface area (Å²) in [6.07, 6.45) is 1.87. The Morgan fingerprint density at radius 1 is 1.32 bits per heavy atom. The lowest BCUT2D eigenvalue weighted by Gasteiger charge is -2.07. The van der Waals surface area contributed by atoms with Gasteiger partial charge in [-0.2, -0.15) is 5.26 Å². The Hall–Kier alpha value is -1.83. The van der Waals surface area contributed by atoms with Crippen LogP contribution in [0.1, 0.15) is 11.3 Å². The van der Waals surface area contributed by atoms with Gasteiger partial charge in [0.1, 0.15) is 11.8 Å². The number of benzene rings is 1. The maximum Gasteiger partial charge on any atom is 0.152 e. The number of hydrogen-bond donors (Lipinski definition) is 2. The number of rotatable bonds is 3. The second kappa shape index (κ2) is 5.43. The maximum absolute atomic E-state index is 9.46. The van der Waals surface area contributed by atoms with Crippen molar-refractivity contribution in [2.24, 2.45) is 7.05 Å². The lowest BCUT2D eigenvalue weighted by atomic mass is 10.2. The first-order valence-corrected chi connectivity index (χ1v) is 6.24. The van der Waals surface area contributed by atoms with Gasteiger partial charge in [0.05, 0.1) is 10.0 Å². The van der Waals surface area contributed by atoms with Crippen LogP contribution in [0.15, 0.2) is 24.4 Å². The van der Waals surface area contributed by atoms with Crippen molar-refractivity contribution in [1.29, 1.82) is 5.26 Å². The molecule has 0 bridgehead atoms. The molecule has 0 saturated heterocycles. The fourth-order valence-corrected chi connectivity index (χ4v) is 2.20. The van der Waals surface area contributed by atoms with E-state index in [-0.39, 0.29) is 15.8 Å². The van der Waals surface area contributed by atoms with E-state index in [0.717, 1.165) is 5.56 Å². The number of anilines is 1. The number of nitriles is 1. The van der Waals surface area contributed by atoms with E-state index >= 15 is 0 Å². The van der Waals surface area contributed by atoms with E-state index in [1.807, 2.05) is 13.2 Å². The lowest BCUT2D eigenvalue weighted by molar-refractivity contribution is 0.476. The van der Waals surface area contributed by atoms with Crippen LogP contribution < -0.4 is 5.32 Å². The highest BCUT2D eigenvalue weighted by Gasteiger charge is 2.07. The molecule has 0 aliphatic carbocycles. The molecular formula is C13H11Cl2N3O. The zero-order valence-electron chi connectivity index (χ0n) is 10.1. The van der Waals surface area contributed by atoms with Crippen LogP contribution in [0.2, 0.25) is 10.0 Å². The molecule has 0 aliphatic rings. The van der Waals surface area contributed by atoms with Crippen molar-refractivity contribution in [1.82, 2.24) is 4.57 Å². The molecule has 2 aromatic rings. The van der Waals surface area contributed by atoms with E-state index in [4.69, 9.17) is 28.5 Å². The Bertz CT molecular complexity index is 635. The number of aromatic nitrogens is 1. The standard InChI is InChI=1S/C13H11Cl2N3O/c1-18-7-8(2-10(18)5-16)6-17-9-3-11(14)13(19)12(15)4-9/h2-4,7,17,19H,6H2,1H3. The molecule has 0 amide bonds. The summed E-state index contributed by atoms with van der Waals surface area (Å²) in [6, 6.07) is 7.09. The predicted molar refractivity (Wildman–Crippen MR) is 75.6 cm³/mol. The largest absolute Gasteiger partial charge is 0.505 e. The van der Waals surface area contributed by atoms with Crippen molar-refractivity contribution in [2.75, 3.05) is 5.32 Å². The summed E-state index contributed by atoms with van der Waals surface area (Å²) < 4.78 is 1.76. The molecule has 0 fully saturated rings. The molecular weight excluding hydrogens is 285 g/mol. The SMILES string of the molecule is Cn1cc(CNc2cc(Cl)c(O)c(Cl)c2)cc1C#N. The minimum Gasteiger partial charge on any atom is -0.505 e. The smallest absolute Gasteiger partial charge is 0.152 e. The third kappa shape index (κ3) is 2.95. The lowest BCUT2D eigenvalue weighted by Crippen LogP contribution is -1.98. The highest BCUT2D eigenvalue weighted by Crippen LogP contribution is 2.34. The van der Waals surface area contributed by atoms with Gasteiger partial charge in [0.25, 0.3) is 0 Å². The number of hydrogen-bond acceptors (Lipinski definition) is 3. The third-order valence-electron chi connectivity index (χ3n) is 2.69. The minimum atomic E-state index is -0.125. The Kier molecular flexibility index (Phi) is 3.89. The van der Waals surface area contributed by atoms with E-state index in [2.05, 4.69) is 11.4 Å². The molecule has 2 rings (SSSR count). The van der Waals surface area contributed by atoms with Gasteiger partial charge in [-0.15, -0.1) is 0 Å². The zero-order chi connectivity index (χ0) is 14.0. The van der Waals surface area contributed by atoms with Crippen LogP contribution in [0, 0.1) is 11.3 Å². The van der Waals surface area contributed by atoms with Crippen molar-refractivity contribution in [2.45, 2.75) is 6.54 Å². The van der Waals surface area contributed by atoms with Crippen LogP contribution in [-0.2, 0) is 13.6 Å². The van der Waals surface area contributed by atoms with Crippen molar-refractivity contribution < 1.29 is 5.11 Å². The topological polar surface area (TPSA) is 61.0 Å². The quantitative estimate of drug-likeness (QED) is 0.852. The van der Waals surface area contributed by atoms with Crippen molar-refractivity contribution in [3.8, 4) is 11.8 Å². The molecule has 0 unspecified atom stereocenters. The summed E-state index contributed by atoms with van der Waals surface area (Å²) in [4.78, 5) is 0. The Morgan fingerprint density at radius 3 is 2.47 bits per heavy atom. The van der Waals surface area contributed by atoms with E-state index in [0.29, 0.717) is 17.9 Å². The molecule has 98 valence electrons. The van der Waals surface area contributed by atoms with E-state index in [1.54, 1.807) is 22.8 Å². The highest BCUT2D eigenvalue weighted by molar-refractivity contribution is 6.37. The number of nitrogens with one attached hydrogen (secondary N) is 1. The normalized spacial score (nSPS) is 10.2. The molecule has 19 heavy (non-hydrogen) atoms. The fourth-order valence-electron chi connectivity index (χ4n) is 1.71. The molecule has 0 radical (unpaired) electrons. The summed E-state index contributed by atoms with van der Waals surface area (Å²) in [5.74, 6) is -0.125. The number of nitrogens with zero attached hydrogens (tertiary/aromatic N) is 2. The molecule has 6 heteroatoms. The van der Waals surface area contributed by atoms with Gasteiger partial charge >= 0.3 is 0 Å². The summed E-state index contributed by atoms with van der Waals surface area (Å²) >= 11 is 11.7. The number of phenolic OH excluding ortho intramolecular Hbond substituents is 1. The van der Waals surface area contributed by atoms with Crippen LogP contribution in [0.25, 0.3) is 0 Å². The first-order chi connectivity index (χ1) is 9.01. The van der Waals surface area contributed by atoms with Crippen molar-refractivity contribution in [3.63, 3.8) is 0 Å². The predicted octanol–water partition coefficient (Wildman–Crippen LogP) is 3.52. The van der Waals surface area contributed by atoms with Gasteiger partial charge in [0.15, 0.2) is 5.75 Å². The zero-order valence-corrected chi connectivity index (χ0v) is 11.6. The number of halogens is 2. The minimum absolute atomic E-state index is 0.125. The van der Waals surface area contributed by atoms with Gasteiger partial charge in [-0.25, -0.2) is 0 Å². The first-order valence-electron chi connectivity index (χ1n) is 5.48. The summed E-state index contributed by atoms with van der Waals surface area (Å²) in [5.41, 5.74) is 2.27. The van der Waals surface area contributed by atoms with Crippen molar-refractivity contribution in [3.05, 3.63) is 45.7 Å². The molecule has 2 N–H and O–H groups in total. The highest BCUT2D eigenvalue weighted by atomic mass is 35.5. The molecule has 1 aromatic heterocycles. The fraction of sp³-hybridized carbons (Fsp3) is 0.154. The summed E-state index contributed by atoms with van der Waals surface area (Å²) in [6.45, 7) is 0.535. The monoisotopic (exact) mass is 295 g/mol. The second-order valence-electron chi connectivity index (χ2n) is 4.10. The average Bonchev–Trinajstić information content (AvgIpc) is 2.74. The number of aromatic hydroxyl groups is 1. The molecule has 4 nitrogen and oxygen atoms in total. The summed E-state index contributed by atoms with van der Waals surface area (Å²) in [7, 11) is 1.82. The van der Waals surface area contributed by atoms with E-state index in [9.17, 15) is 5.11 Å². The Balaban J connectivity index is 2.12. The van der Waals surface area contributed by atoms with Crippen LogP contribution >= 0.6 is 23.2 Å². The van der Waals surface area contributed by atoms with Gasteiger partial charge in [-0.05, 0) is 23.8 Å². The molecule has 1 heterocycles. The van der Waals surface area contributed by atoms with Gasteiger partial charge in [-0.1, -0.05) is 23.2 Å². The van der Waals surface area contributed by atoms with E-state index < -0.39 is 0 Å². The van der Waals surface area contributed by atoms with Gasteiger partial charge in [0.2, 0.25) is 0 Å². The number of aryl methyl sites for hydroxylation is 1. The van der Waals surface area contributed by atoms with Gasteiger partial charge in [-0.3, -0.25) is 0 Å². The van der Waals surface area contributed by atoms with E-state index in [1.165, 1.54) is 0 Å². The molecule has 0 saturated carbocycles. The molecule has 0 aliphatic heterocycles. The summed E-state index contributed by atoms with van der Waals surface area (Å²) in [5, 5.41) is 21.8. The molecule has 0 atom stereocenters. The van der Waals surface area contributed by atoms with Gasteiger partial charge < -0.3 is 15.0 Å². The van der Waals surface area contributed by atoms with Crippen LogP contribution in [-0.4, -0.2) is 9.67 Å². The van der Waals surface area contributed by atoms with Crippen LogP contribution in [0.4, 0.5) is 5.69 Å². The third-order valence-corrected chi connectivity index (χ3v) is 3.27. The Labute approximate surface area is 120 Å². The Morgan fingerprint density at radius 2 is 1.95 bits per heavy atom. The molecule has 1 aromatic carbocycles. The maximum atomic E-state index is 9.46. The average molecular weight is 296 g/mol. The first kappa shape index (κ1) is 13.6. The number of phenols is 1. The van der Waals surface area contributed by atoms with Crippen molar-refractivity contribution >= 4 is 28.9 Å². The van der Waals surface area contributed by atoms with Crippen LogP contribution in [0.3, 0.4) is 0 Å². The van der Waals surface area contributed by atoms with Gasteiger partial charge in [0, 0.05) is 25.5 Å². The van der Waals surface area contributed by atoms with Crippen LogP contribution in [0.5, 0.6) is 5.75 Å². The second-order valence-corrected chi connectivity index (χ2v) is 4.91. The molecule has 0 spiro atoms.